The largest absolute Gasteiger partial charge is 2.00 e. The van der Waals surface area contributed by atoms with Gasteiger partial charge in [-0.3, -0.25) is 0 Å². The van der Waals surface area contributed by atoms with Gasteiger partial charge in [0.2, 0.25) is 0 Å². The van der Waals surface area contributed by atoms with Gasteiger partial charge in [-0.1, -0.05) is 11.2 Å². The Morgan fingerprint density at radius 1 is 1.50 bits per heavy atom. The fourth-order valence-corrected chi connectivity index (χ4v) is 0. The third-order valence-electron chi connectivity index (χ3n) is 0. The fraction of sp³-hybridized carbons (Fsp3) is 0. The van der Waals surface area contributed by atoms with Crippen molar-refractivity contribution in [1.29, 1.82) is 0 Å². The summed E-state index contributed by atoms with van der Waals surface area (Å²) >= 11 is 3.97. The molecule has 0 aromatic rings. The van der Waals surface area contributed by atoms with E-state index >= 15 is 0 Å². The molecule has 0 aromatic carbocycles. The second kappa shape index (κ2) is 3.95. The van der Waals surface area contributed by atoms with Crippen LogP contribution < -0.4 is 9.79 Å². The summed E-state index contributed by atoms with van der Waals surface area (Å²) < 4.78 is 8.87. The minimum Gasteiger partial charge on any atom is -0.799 e. The van der Waals surface area contributed by atoms with Crippen molar-refractivity contribution in [3.05, 3.63) is 0 Å². The second-order valence-corrected chi connectivity index (χ2v) is 2.53. The molecule has 0 unspecified atom stereocenters. The summed E-state index contributed by atoms with van der Waals surface area (Å²) in [5.41, 5.74) is 0. The van der Waals surface area contributed by atoms with Crippen LogP contribution in [0.5, 0.6) is 0 Å². The topological polar surface area (TPSA) is 63.2 Å². The predicted molar refractivity (Wildman–Crippen MR) is 19.2 cm³/mol. The van der Waals surface area contributed by atoms with Crippen molar-refractivity contribution in [3.8, 4) is 0 Å². The Morgan fingerprint density at radius 2 is 1.50 bits per heavy atom. The average Bonchev–Trinajstić information content (AvgIpc) is 0.722. The van der Waals surface area contributed by atoms with Crippen LogP contribution in [0.15, 0.2) is 0 Å². The molecule has 0 aliphatic carbocycles. The monoisotopic (exact) mass is 252 g/mol. The molecule has 0 atom stereocenters. The van der Waals surface area contributed by atoms with Crippen LogP contribution in [0.1, 0.15) is 0 Å². The molecule has 6 heavy (non-hydrogen) atoms. The Bertz CT molecular complexity index is 56.9. The van der Waals surface area contributed by atoms with E-state index in [4.69, 9.17) is 14.4 Å². The second-order valence-electron chi connectivity index (χ2n) is 0.431. The zero-order chi connectivity index (χ0) is 4.50. The van der Waals surface area contributed by atoms with Crippen LogP contribution >= 0.6 is 18.2 Å². The van der Waals surface area contributed by atoms with Gasteiger partial charge >= 0.3 is 48.9 Å². The zero-order valence-corrected chi connectivity index (χ0v) is 8.85. The van der Waals surface area contributed by atoms with E-state index in [9.17, 15) is 0 Å². The van der Waals surface area contributed by atoms with Crippen molar-refractivity contribution in [2.45, 2.75) is 0 Å². The quantitative estimate of drug-likeness (QED) is 0.396. The van der Waals surface area contributed by atoms with Crippen molar-refractivity contribution in [3.63, 3.8) is 0 Å². The van der Waals surface area contributed by atoms with Gasteiger partial charge in [-0.15, -0.1) is 0 Å². The van der Waals surface area contributed by atoms with Crippen LogP contribution in [0.25, 0.3) is 0 Å². The van der Waals surface area contributed by atoms with Gasteiger partial charge in [0.1, 0.15) is 0 Å². The molecule has 0 rings (SSSR count). The third-order valence-corrected chi connectivity index (χ3v) is 0. The molecule has 0 saturated carbocycles. The standard InChI is InChI=1S/Ba.ClH2O3P/c;1-5(2,3)4/h;(H2,2,3,4)/q+2;/p-2. The molecular weight excluding hydrogens is 252 g/mol. The Hall–Kier alpha value is 2.01. The molecule has 0 fully saturated rings. The van der Waals surface area contributed by atoms with Crippen LogP contribution in [0.3, 0.4) is 0 Å². The van der Waals surface area contributed by atoms with Crippen molar-refractivity contribution in [1.82, 2.24) is 0 Å². The van der Waals surface area contributed by atoms with Gasteiger partial charge in [0.15, 0.2) is 0 Å². The van der Waals surface area contributed by atoms with Gasteiger partial charge in [-0.25, -0.2) is 0 Å². The van der Waals surface area contributed by atoms with Gasteiger partial charge in [-0.2, -0.15) is 0 Å². The summed E-state index contributed by atoms with van der Waals surface area (Å²) in [6, 6.07) is 0. The Labute approximate surface area is 80.1 Å². The maximum Gasteiger partial charge on any atom is 2.00 e. The fourth-order valence-electron chi connectivity index (χ4n) is 0. The minimum absolute atomic E-state index is 0. The molecule has 6 heteroatoms. The molecule has 0 radical (unpaired) electrons. The molecule has 0 spiro atoms. The summed E-state index contributed by atoms with van der Waals surface area (Å²) in [7, 11) is 0. The first kappa shape index (κ1) is 10.9. The first-order valence-electron chi connectivity index (χ1n) is 0.717. The predicted octanol–water partition coefficient (Wildman–Crippen LogP) is -1.33. The normalized spacial score (nSPS) is 9.83. The molecule has 3 nitrogen and oxygen atoms in total. The summed E-state index contributed by atoms with van der Waals surface area (Å²) in [4.78, 5) is 17.7. The molecule has 0 amide bonds. The van der Waals surface area contributed by atoms with E-state index < -0.39 is 6.95 Å². The van der Waals surface area contributed by atoms with Gasteiger partial charge in [0.25, 0.3) is 0 Å². The number of hydrogen-bond acceptors (Lipinski definition) is 3. The molecule has 0 bridgehead atoms. The van der Waals surface area contributed by atoms with Crippen LogP contribution in [0, 0.1) is 0 Å². The average molecular weight is 252 g/mol. The van der Waals surface area contributed by atoms with Gasteiger partial charge in [-0.05, 0) is 0 Å². The van der Waals surface area contributed by atoms with Crippen LogP contribution in [-0.2, 0) is 4.57 Å². The van der Waals surface area contributed by atoms with E-state index in [1.54, 1.807) is 0 Å². The van der Waals surface area contributed by atoms with Crippen LogP contribution in [-0.4, -0.2) is 48.9 Å². The Balaban J connectivity index is 0. The maximum absolute atomic E-state index is 8.87. The molecule has 0 aromatic heterocycles. The van der Waals surface area contributed by atoms with Gasteiger partial charge < -0.3 is 14.4 Å². The summed E-state index contributed by atoms with van der Waals surface area (Å²) in [6.07, 6.45) is 0. The Morgan fingerprint density at radius 3 is 1.50 bits per heavy atom. The first-order chi connectivity index (χ1) is 2.00. The van der Waals surface area contributed by atoms with Crippen molar-refractivity contribution < 1.29 is 14.4 Å². The summed E-state index contributed by atoms with van der Waals surface area (Å²) in [5, 5.41) is 0. The summed E-state index contributed by atoms with van der Waals surface area (Å²) in [6.45, 7) is -4.67. The van der Waals surface area contributed by atoms with Crippen LogP contribution in [0.2, 0.25) is 0 Å². The van der Waals surface area contributed by atoms with Crippen molar-refractivity contribution >= 4 is 67.1 Å². The minimum atomic E-state index is -4.67. The number of halogens is 1. The number of hydrogen-bond donors (Lipinski definition) is 0. The molecule has 0 aliphatic rings. The van der Waals surface area contributed by atoms with E-state index in [1.165, 1.54) is 0 Å². The summed E-state index contributed by atoms with van der Waals surface area (Å²) in [5.74, 6) is 0. The van der Waals surface area contributed by atoms with Crippen molar-refractivity contribution in [2.75, 3.05) is 0 Å². The molecule has 32 valence electrons. The van der Waals surface area contributed by atoms with Gasteiger partial charge in [0, 0.05) is 6.95 Å². The molecule has 0 aliphatic heterocycles. The Kier molecular flexibility index (Phi) is 7.17. The molecule has 0 saturated heterocycles. The van der Waals surface area contributed by atoms with Crippen LogP contribution in [0.4, 0.5) is 0 Å². The van der Waals surface area contributed by atoms with Gasteiger partial charge in [0.05, 0.1) is 0 Å². The maximum atomic E-state index is 8.87. The molecule has 0 N–H and O–H groups in total. The van der Waals surface area contributed by atoms with E-state index in [0.717, 1.165) is 0 Å². The van der Waals surface area contributed by atoms with E-state index in [1.807, 2.05) is 0 Å². The third kappa shape index (κ3) is 37.3. The SMILES string of the molecule is O=P([O-])([O-])Cl.[Ba+2]. The first-order valence-corrected chi connectivity index (χ1v) is 3.16. The smallest absolute Gasteiger partial charge is 0.799 e. The number of rotatable bonds is 0. The molecule has 0 heterocycles. The zero-order valence-electron chi connectivity index (χ0n) is 2.76. The van der Waals surface area contributed by atoms with Crippen molar-refractivity contribution in [2.24, 2.45) is 0 Å². The molecular formula is BaClO3P. The van der Waals surface area contributed by atoms with E-state index in [-0.39, 0.29) is 48.9 Å². The van der Waals surface area contributed by atoms with E-state index in [2.05, 4.69) is 11.2 Å². The van der Waals surface area contributed by atoms with E-state index in [0.29, 0.717) is 0 Å².